The Bertz CT molecular complexity index is 101. The summed E-state index contributed by atoms with van der Waals surface area (Å²) in [6, 6.07) is 0. The van der Waals surface area contributed by atoms with E-state index in [0.29, 0.717) is 0 Å². The molecule has 0 aromatic heterocycles. The summed E-state index contributed by atoms with van der Waals surface area (Å²) in [6.45, 7) is 7.06. The van der Waals surface area contributed by atoms with Crippen LogP contribution in [0.25, 0.3) is 0 Å². The van der Waals surface area contributed by atoms with Crippen molar-refractivity contribution in [3.05, 3.63) is 0 Å². The third-order valence-corrected chi connectivity index (χ3v) is 2.30. The molecule has 0 aliphatic heterocycles. The van der Waals surface area contributed by atoms with E-state index in [1.165, 1.54) is 25.8 Å². The van der Waals surface area contributed by atoms with E-state index in [1.807, 2.05) is 0 Å². The number of methoxy groups -OCH3 is 2. The lowest BCUT2D eigenvalue weighted by molar-refractivity contribution is 0.113. The lowest BCUT2D eigenvalue weighted by Crippen LogP contribution is -2.31. The predicted molar refractivity (Wildman–Crippen MR) is 59.7 cm³/mol. The molecule has 0 aliphatic rings. The first-order chi connectivity index (χ1) is 6.85. The Morgan fingerprint density at radius 3 is 1.86 bits per heavy atom. The summed E-state index contributed by atoms with van der Waals surface area (Å²) >= 11 is 0. The lowest BCUT2D eigenvalue weighted by atomic mass is 10.2. The highest BCUT2D eigenvalue weighted by Crippen LogP contribution is 1.98. The van der Waals surface area contributed by atoms with Gasteiger partial charge in [0.05, 0.1) is 13.2 Å². The van der Waals surface area contributed by atoms with Crippen molar-refractivity contribution in [2.75, 3.05) is 47.1 Å². The van der Waals surface area contributed by atoms with Gasteiger partial charge in [-0.25, -0.2) is 0 Å². The fourth-order valence-electron chi connectivity index (χ4n) is 1.36. The van der Waals surface area contributed by atoms with Gasteiger partial charge in [-0.05, 0) is 13.0 Å². The molecule has 0 saturated heterocycles. The van der Waals surface area contributed by atoms with Crippen LogP contribution in [0, 0.1) is 0 Å². The molecule has 14 heavy (non-hydrogen) atoms. The highest BCUT2D eigenvalue weighted by molar-refractivity contribution is 4.57. The second-order valence-corrected chi connectivity index (χ2v) is 3.53. The van der Waals surface area contributed by atoms with Crippen LogP contribution in [0.4, 0.5) is 0 Å². The predicted octanol–water partition coefficient (Wildman–Crippen LogP) is 1.77. The first kappa shape index (κ1) is 13.9. The Balaban J connectivity index is 3.49. The Hall–Kier alpha value is -0.120. The highest BCUT2D eigenvalue weighted by atomic mass is 16.5. The van der Waals surface area contributed by atoms with Gasteiger partial charge in [-0.3, -0.25) is 4.90 Å². The van der Waals surface area contributed by atoms with Crippen LogP contribution in [-0.2, 0) is 9.47 Å². The fourth-order valence-corrected chi connectivity index (χ4v) is 1.36. The molecule has 0 aromatic carbocycles. The molecule has 0 bridgehead atoms. The first-order valence-corrected chi connectivity index (χ1v) is 5.55. The molecule has 0 N–H and O–H groups in total. The van der Waals surface area contributed by atoms with Gasteiger partial charge in [0.15, 0.2) is 0 Å². The zero-order valence-corrected chi connectivity index (χ0v) is 9.92. The van der Waals surface area contributed by atoms with E-state index >= 15 is 0 Å². The van der Waals surface area contributed by atoms with Crippen LogP contribution in [0.5, 0.6) is 0 Å². The zero-order valence-electron chi connectivity index (χ0n) is 9.92. The van der Waals surface area contributed by atoms with Crippen LogP contribution in [0.15, 0.2) is 0 Å². The number of hydrogen-bond donors (Lipinski definition) is 0. The Kier molecular flexibility index (Phi) is 10.9. The SMILES string of the molecule is CCCCCN(CCOC)CCOC. The van der Waals surface area contributed by atoms with Crippen molar-refractivity contribution in [1.29, 1.82) is 0 Å². The molecule has 0 radical (unpaired) electrons. The van der Waals surface area contributed by atoms with Crippen LogP contribution < -0.4 is 0 Å². The fraction of sp³-hybridized carbons (Fsp3) is 1.00. The molecule has 0 saturated carbocycles. The molecular weight excluding hydrogens is 178 g/mol. The maximum absolute atomic E-state index is 5.08. The summed E-state index contributed by atoms with van der Waals surface area (Å²) in [6.07, 6.45) is 3.88. The third kappa shape index (κ3) is 8.48. The summed E-state index contributed by atoms with van der Waals surface area (Å²) in [5.41, 5.74) is 0. The van der Waals surface area contributed by atoms with E-state index in [4.69, 9.17) is 9.47 Å². The molecule has 3 nitrogen and oxygen atoms in total. The quantitative estimate of drug-likeness (QED) is 0.505. The maximum atomic E-state index is 5.08. The first-order valence-electron chi connectivity index (χ1n) is 5.55. The maximum Gasteiger partial charge on any atom is 0.0589 e. The van der Waals surface area contributed by atoms with E-state index < -0.39 is 0 Å². The van der Waals surface area contributed by atoms with Crippen LogP contribution in [-0.4, -0.2) is 52.0 Å². The summed E-state index contributed by atoms with van der Waals surface area (Å²) in [5, 5.41) is 0. The number of hydrogen-bond acceptors (Lipinski definition) is 3. The van der Waals surface area contributed by atoms with Gasteiger partial charge < -0.3 is 9.47 Å². The minimum atomic E-state index is 0.815. The van der Waals surface area contributed by atoms with Gasteiger partial charge in [0.25, 0.3) is 0 Å². The Morgan fingerprint density at radius 1 is 0.857 bits per heavy atom. The average molecular weight is 203 g/mol. The third-order valence-electron chi connectivity index (χ3n) is 2.30. The van der Waals surface area contributed by atoms with Gasteiger partial charge in [0.1, 0.15) is 0 Å². The topological polar surface area (TPSA) is 21.7 Å². The average Bonchev–Trinajstić information content (AvgIpc) is 2.21. The molecule has 0 atom stereocenters. The van der Waals surface area contributed by atoms with Crippen molar-refractivity contribution in [2.24, 2.45) is 0 Å². The minimum Gasteiger partial charge on any atom is -0.383 e. The second-order valence-electron chi connectivity index (χ2n) is 3.53. The second kappa shape index (κ2) is 11.0. The molecule has 0 fully saturated rings. The molecule has 0 amide bonds. The number of unbranched alkanes of at least 4 members (excludes halogenated alkanes) is 2. The van der Waals surface area contributed by atoms with E-state index in [9.17, 15) is 0 Å². The molecule has 86 valence electrons. The van der Waals surface area contributed by atoms with Crippen LogP contribution in [0.3, 0.4) is 0 Å². The van der Waals surface area contributed by atoms with Crippen molar-refractivity contribution in [3.8, 4) is 0 Å². The smallest absolute Gasteiger partial charge is 0.0589 e. The zero-order chi connectivity index (χ0) is 10.6. The Morgan fingerprint density at radius 2 is 1.43 bits per heavy atom. The van der Waals surface area contributed by atoms with Gasteiger partial charge in [-0.15, -0.1) is 0 Å². The summed E-state index contributed by atoms with van der Waals surface area (Å²) < 4.78 is 10.2. The summed E-state index contributed by atoms with van der Waals surface area (Å²) in [4.78, 5) is 2.41. The Labute approximate surface area is 88.4 Å². The largest absolute Gasteiger partial charge is 0.383 e. The van der Waals surface area contributed by atoms with Gasteiger partial charge in [0.2, 0.25) is 0 Å². The van der Waals surface area contributed by atoms with Crippen LogP contribution >= 0.6 is 0 Å². The van der Waals surface area contributed by atoms with Crippen molar-refractivity contribution in [2.45, 2.75) is 26.2 Å². The molecular formula is C11H25NO2. The normalized spacial score (nSPS) is 11.1. The summed E-state index contributed by atoms with van der Waals surface area (Å²) in [5.74, 6) is 0. The number of nitrogens with zero attached hydrogens (tertiary/aromatic N) is 1. The van der Waals surface area contributed by atoms with E-state index in [-0.39, 0.29) is 0 Å². The van der Waals surface area contributed by atoms with E-state index in [1.54, 1.807) is 14.2 Å². The molecule has 0 rings (SSSR count). The standard InChI is InChI=1S/C11H25NO2/c1-4-5-6-7-12(8-10-13-2)9-11-14-3/h4-11H2,1-3H3. The molecule has 0 aromatic rings. The van der Waals surface area contributed by atoms with E-state index in [2.05, 4.69) is 11.8 Å². The van der Waals surface area contributed by atoms with Crippen LogP contribution in [0.2, 0.25) is 0 Å². The number of rotatable bonds is 10. The number of ether oxygens (including phenoxy) is 2. The summed E-state index contributed by atoms with van der Waals surface area (Å²) in [7, 11) is 3.50. The van der Waals surface area contributed by atoms with Gasteiger partial charge in [0, 0.05) is 27.3 Å². The molecule has 0 spiro atoms. The molecule has 0 unspecified atom stereocenters. The minimum absolute atomic E-state index is 0.815. The van der Waals surface area contributed by atoms with Crippen molar-refractivity contribution in [1.82, 2.24) is 4.90 Å². The van der Waals surface area contributed by atoms with Gasteiger partial charge in [-0.1, -0.05) is 19.8 Å². The molecule has 3 heteroatoms. The van der Waals surface area contributed by atoms with E-state index in [0.717, 1.165) is 26.3 Å². The monoisotopic (exact) mass is 203 g/mol. The molecule has 0 heterocycles. The van der Waals surface area contributed by atoms with Crippen molar-refractivity contribution >= 4 is 0 Å². The lowest BCUT2D eigenvalue weighted by Gasteiger charge is -2.21. The van der Waals surface area contributed by atoms with Gasteiger partial charge >= 0.3 is 0 Å². The van der Waals surface area contributed by atoms with Crippen molar-refractivity contribution < 1.29 is 9.47 Å². The van der Waals surface area contributed by atoms with Crippen LogP contribution in [0.1, 0.15) is 26.2 Å². The van der Waals surface area contributed by atoms with Crippen molar-refractivity contribution in [3.63, 3.8) is 0 Å². The highest BCUT2D eigenvalue weighted by Gasteiger charge is 2.03. The van der Waals surface area contributed by atoms with Gasteiger partial charge in [-0.2, -0.15) is 0 Å². The molecule has 0 aliphatic carbocycles.